The van der Waals surface area contributed by atoms with Crippen molar-refractivity contribution in [2.75, 3.05) is 13.7 Å². The molecule has 1 aliphatic rings. The van der Waals surface area contributed by atoms with Crippen LogP contribution in [-0.2, 0) is 17.6 Å². The largest absolute Gasteiger partial charge is 0.508 e. The summed E-state index contributed by atoms with van der Waals surface area (Å²) in [6.07, 6.45) is 2.52. The fourth-order valence-electron chi connectivity index (χ4n) is 2.30. The smallest absolute Gasteiger partial charge is 0.119 e. The fourth-order valence-corrected chi connectivity index (χ4v) is 2.30. The van der Waals surface area contributed by atoms with Gasteiger partial charge in [-0.1, -0.05) is 12.1 Å². The van der Waals surface area contributed by atoms with Gasteiger partial charge in [0.2, 0.25) is 0 Å². The lowest BCUT2D eigenvalue weighted by atomic mass is 9.80. The van der Waals surface area contributed by atoms with Crippen molar-refractivity contribution in [3.63, 3.8) is 0 Å². The van der Waals surface area contributed by atoms with Crippen LogP contribution in [-0.4, -0.2) is 24.4 Å². The molecule has 0 radical (unpaired) electrons. The van der Waals surface area contributed by atoms with E-state index >= 15 is 0 Å². The van der Waals surface area contributed by atoms with Gasteiger partial charge in [-0.15, -0.1) is 0 Å². The van der Waals surface area contributed by atoms with Gasteiger partial charge in [-0.25, -0.2) is 0 Å². The molecule has 0 fully saturated rings. The van der Waals surface area contributed by atoms with E-state index in [9.17, 15) is 5.11 Å². The van der Waals surface area contributed by atoms with Crippen LogP contribution in [0, 0.1) is 0 Å². The van der Waals surface area contributed by atoms with Gasteiger partial charge in [-0.2, -0.15) is 0 Å². The molecule has 3 N–H and O–H groups in total. The van der Waals surface area contributed by atoms with Gasteiger partial charge in [-0.3, -0.25) is 0 Å². The van der Waals surface area contributed by atoms with Gasteiger partial charge < -0.3 is 15.6 Å². The van der Waals surface area contributed by atoms with Crippen LogP contribution < -0.4 is 5.73 Å². The van der Waals surface area contributed by atoms with Crippen molar-refractivity contribution in [3.8, 4) is 5.75 Å². The third-order valence-corrected chi connectivity index (χ3v) is 3.40. The number of phenols is 1. The summed E-state index contributed by atoms with van der Waals surface area (Å²) in [6.45, 7) is 0.526. The molecule has 0 amide bonds. The van der Waals surface area contributed by atoms with Crippen LogP contribution in [0.5, 0.6) is 5.75 Å². The maximum atomic E-state index is 9.70. The summed E-state index contributed by atoms with van der Waals surface area (Å²) in [5, 5.41) is 9.70. The Balaban J connectivity index is 2.34. The van der Waals surface area contributed by atoms with Crippen LogP contribution in [0.1, 0.15) is 17.5 Å². The molecule has 0 aromatic heterocycles. The summed E-state index contributed by atoms with van der Waals surface area (Å²) in [4.78, 5) is 0. The maximum absolute atomic E-state index is 9.70. The molecule has 0 aliphatic heterocycles. The summed E-state index contributed by atoms with van der Waals surface area (Å²) >= 11 is 0. The Hall–Kier alpha value is -1.06. The van der Waals surface area contributed by atoms with Crippen molar-refractivity contribution < 1.29 is 9.84 Å². The number of ether oxygens (including phenoxy) is 1. The summed E-state index contributed by atoms with van der Waals surface area (Å²) in [7, 11) is 1.71. The monoisotopic (exact) mass is 207 g/mol. The van der Waals surface area contributed by atoms with E-state index in [0.29, 0.717) is 12.3 Å². The van der Waals surface area contributed by atoms with Crippen molar-refractivity contribution in [1.29, 1.82) is 0 Å². The average molecular weight is 207 g/mol. The van der Waals surface area contributed by atoms with Gasteiger partial charge in [0.25, 0.3) is 0 Å². The first kappa shape index (κ1) is 10.5. The van der Waals surface area contributed by atoms with Crippen LogP contribution in [0.3, 0.4) is 0 Å². The predicted molar refractivity (Wildman–Crippen MR) is 58.9 cm³/mol. The van der Waals surface area contributed by atoms with Crippen molar-refractivity contribution >= 4 is 0 Å². The molecule has 1 aromatic carbocycles. The molecule has 1 unspecified atom stereocenters. The van der Waals surface area contributed by atoms with E-state index in [1.807, 2.05) is 12.1 Å². The molecule has 2 rings (SSSR count). The zero-order valence-corrected chi connectivity index (χ0v) is 8.99. The van der Waals surface area contributed by atoms with Gasteiger partial charge in [0.1, 0.15) is 5.75 Å². The molecule has 0 saturated heterocycles. The molecule has 1 aliphatic carbocycles. The summed E-state index contributed by atoms with van der Waals surface area (Å²) < 4.78 is 5.52. The van der Waals surface area contributed by atoms with Crippen LogP contribution >= 0.6 is 0 Å². The molecule has 0 spiro atoms. The lowest BCUT2D eigenvalue weighted by molar-refractivity contribution is -0.0136. The first-order chi connectivity index (χ1) is 7.21. The molecular weight excluding hydrogens is 190 g/mol. The number of benzene rings is 1. The summed E-state index contributed by atoms with van der Waals surface area (Å²) in [6, 6.07) is 5.65. The highest BCUT2D eigenvalue weighted by atomic mass is 16.5. The normalized spacial score (nSPS) is 24.9. The minimum atomic E-state index is -0.235. The molecule has 1 aromatic rings. The van der Waals surface area contributed by atoms with E-state index in [0.717, 1.165) is 30.4 Å². The van der Waals surface area contributed by atoms with Gasteiger partial charge in [0.05, 0.1) is 5.60 Å². The average Bonchev–Trinajstić information content (AvgIpc) is 2.29. The minimum Gasteiger partial charge on any atom is -0.508 e. The van der Waals surface area contributed by atoms with Crippen LogP contribution in [0.4, 0.5) is 0 Å². The van der Waals surface area contributed by atoms with E-state index < -0.39 is 0 Å². The zero-order chi connectivity index (χ0) is 10.9. The molecule has 1 atom stereocenters. The van der Waals surface area contributed by atoms with Crippen LogP contribution in [0.15, 0.2) is 18.2 Å². The topological polar surface area (TPSA) is 55.5 Å². The first-order valence-corrected chi connectivity index (χ1v) is 5.26. The lowest BCUT2D eigenvalue weighted by Gasteiger charge is -2.36. The van der Waals surface area contributed by atoms with Gasteiger partial charge in [-0.05, 0) is 30.0 Å². The summed E-state index contributed by atoms with van der Waals surface area (Å²) in [5.41, 5.74) is 7.74. The first-order valence-electron chi connectivity index (χ1n) is 5.26. The Bertz CT molecular complexity index is 359. The summed E-state index contributed by atoms with van der Waals surface area (Å²) in [5.74, 6) is 0.397. The second-order valence-corrected chi connectivity index (χ2v) is 4.18. The second kappa shape index (κ2) is 3.83. The Morgan fingerprint density at radius 3 is 3.00 bits per heavy atom. The third kappa shape index (κ3) is 1.73. The molecular formula is C12H17NO2. The Kier molecular flexibility index (Phi) is 2.67. The standard InChI is InChI=1S/C12H17NO2/c1-15-12(8-13)6-5-10-9(7-12)3-2-4-11(10)14/h2-4,14H,5-8,13H2,1H3. The number of nitrogens with two attached hydrogens (primary N) is 1. The second-order valence-electron chi connectivity index (χ2n) is 4.18. The van der Waals surface area contributed by atoms with Crippen molar-refractivity contribution in [3.05, 3.63) is 29.3 Å². The zero-order valence-electron chi connectivity index (χ0n) is 8.99. The quantitative estimate of drug-likeness (QED) is 0.766. The minimum absolute atomic E-state index is 0.235. The third-order valence-electron chi connectivity index (χ3n) is 3.40. The maximum Gasteiger partial charge on any atom is 0.119 e. The molecule has 0 bridgehead atoms. The van der Waals surface area contributed by atoms with Crippen LogP contribution in [0.25, 0.3) is 0 Å². The van der Waals surface area contributed by atoms with E-state index in [2.05, 4.69) is 0 Å². The molecule has 3 heteroatoms. The van der Waals surface area contributed by atoms with Gasteiger partial charge in [0, 0.05) is 20.1 Å². The fraction of sp³-hybridized carbons (Fsp3) is 0.500. The van der Waals surface area contributed by atoms with E-state index in [1.165, 1.54) is 0 Å². The van der Waals surface area contributed by atoms with Gasteiger partial charge >= 0.3 is 0 Å². The highest BCUT2D eigenvalue weighted by molar-refractivity contribution is 5.42. The lowest BCUT2D eigenvalue weighted by Crippen LogP contribution is -2.44. The van der Waals surface area contributed by atoms with Crippen molar-refractivity contribution in [2.24, 2.45) is 5.73 Å². The highest BCUT2D eigenvalue weighted by Gasteiger charge is 2.33. The highest BCUT2D eigenvalue weighted by Crippen LogP contribution is 2.34. The number of hydrogen-bond acceptors (Lipinski definition) is 3. The SMILES string of the molecule is COC1(CN)CCc2c(O)cccc2C1. The molecule has 0 saturated carbocycles. The Labute approximate surface area is 89.9 Å². The molecule has 15 heavy (non-hydrogen) atoms. The Morgan fingerprint density at radius 2 is 2.33 bits per heavy atom. The van der Waals surface area contributed by atoms with E-state index in [4.69, 9.17) is 10.5 Å². The number of methoxy groups -OCH3 is 1. The number of aromatic hydroxyl groups is 1. The van der Waals surface area contributed by atoms with Crippen molar-refractivity contribution in [1.82, 2.24) is 0 Å². The molecule has 82 valence electrons. The number of rotatable bonds is 2. The van der Waals surface area contributed by atoms with Gasteiger partial charge in [0.15, 0.2) is 0 Å². The molecule has 0 heterocycles. The van der Waals surface area contributed by atoms with E-state index in [-0.39, 0.29) is 5.60 Å². The van der Waals surface area contributed by atoms with E-state index in [1.54, 1.807) is 13.2 Å². The van der Waals surface area contributed by atoms with Crippen LogP contribution in [0.2, 0.25) is 0 Å². The molecule has 3 nitrogen and oxygen atoms in total. The van der Waals surface area contributed by atoms with Crippen molar-refractivity contribution in [2.45, 2.75) is 24.9 Å². The predicted octanol–water partition coefficient (Wildman–Crippen LogP) is 1.22. The number of phenolic OH excluding ortho intramolecular Hbond substituents is 1. The number of hydrogen-bond donors (Lipinski definition) is 2. The number of fused-ring (bicyclic) bond motifs is 1. The Morgan fingerprint density at radius 1 is 1.53 bits per heavy atom.